The molecule has 0 spiro atoms. The van der Waals surface area contributed by atoms with Gasteiger partial charge in [0.25, 0.3) is 0 Å². The Balaban J connectivity index is 2.56. The third kappa shape index (κ3) is 6.25. The lowest BCUT2D eigenvalue weighted by atomic mass is 10.0. The van der Waals surface area contributed by atoms with E-state index in [9.17, 15) is 9.59 Å². The molecule has 0 N–H and O–H groups in total. The number of esters is 2. The Bertz CT molecular complexity index is 503. The third-order valence-corrected chi connectivity index (χ3v) is 2.85. The molecule has 0 saturated heterocycles. The minimum absolute atomic E-state index is 0.247. The molecule has 1 aromatic rings. The number of rotatable bonds is 7. The van der Waals surface area contributed by atoms with Crippen LogP contribution in [0.1, 0.15) is 45.1 Å². The summed E-state index contributed by atoms with van der Waals surface area (Å²) in [6.45, 7) is 6.42. The number of benzene rings is 1. The SMILES string of the molecule is CCCCOC(=O)/C=C/C(=O)Oc1ccccc1C(C)C. The van der Waals surface area contributed by atoms with Gasteiger partial charge in [0.05, 0.1) is 6.61 Å². The lowest BCUT2D eigenvalue weighted by Crippen LogP contribution is -2.08. The molecule has 0 aliphatic rings. The van der Waals surface area contributed by atoms with Crippen molar-refractivity contribution in [1.29, 1.82) is 0 Å². The van der Waals surface area contributed by atoms with Gasteiger partial charge in [0.1, 0.15) is 5.75 Å². The molecule has 21 heavy (non-hydrogen) atoms. The van der Waals surface area contributed by atoms with Gasteiger partial charge >= 0.3 is 11.9 Å². The van der Waals surface area contributed by atoms with Crippen molar-refractivity contribution in [2.75, 3.05) is 6.61 Å². The van der Waals surface area contributed by atoms with Gasteiger partial charge in [-0.3, -0.25) is 0 Å². The summed E-state index contributed by atoms with van der Waals surface area (Å²) in [7, 11) is 0. The van der Waals surface area contributed by atoms with E-state index in [4.69, 9.17) is 9.47 Å². The molecule has 0 aromatic heterocycles. The molecular weight excluding hydrogens is 268 g/mol. The molecule has 4 nitrogen and oxygen atoms in total. The maximum Gasteiger partial charge on any atom is 0.336 e. The second-order valence-corrected chi connectivity index (χ2v) is 4.97. The number of ether oxygens (including phenoxy) is 2. The van der Waals surface area contributed by atoms with E-state index in [-0.39, 0.29) is 5.92 Å². The Morgan fingerprint density at radius 1 is 1.14 bits per heavy atom. The first-order valence-electron chi connectivity index (χ1n) is 7.20. The monoisotopic (exact) mass is 290 g/mol. The summed E-state index contributed by atoms with van der Waals surface area (Å²) in [6.07, 6.45) is 3.94. The summed E-state index contributed by atoms with van der Waals surface area (Å²) in [6, 6.07) is 7.35. The molecule has 0 unspecified atom stereocenters. The molecule has 0 bridgehead atoms. The Labute approximate surface area is 125 Å². The first-order chi connectivity index (χ1) is 10.0. The van der Waals surface area contributed by atoms with Gasteiger partial charge in [0, 0.05) is 12.2 Å². The van der Waals surface area contributed by atoms with Crippen molar-refractivity contribution in [3.63, 3.8) is 0 Å². The molecule has 0 saturated carbocycles. The number of para-hydroxylation sites is 1. The molecule has 0 heterocycles. The first-order valence-corrected chi connectivity index (χ1v) is 7.20. The van der Waals surface area contributed by atoms with Gasteiger partial charge in [0.15, 0.2) is 0 Å². The van der Waals surface area contributed by atoms with Crippen molar-refractivity contribution in [2.45, 2.75) is 39.5 Å². The van der Waals surface area contributed by atoms with Crippen LogP contribution in [0.4, 0.5) is 0 Å². The summed E-state index contributed by atoms with van der Waals surface area (Å²) < 4.78 is 10.2. The zero-order chi connectivity index (χ0) is 15.7. The lowest BCUT2D eigenvalue weighted by Gasteiger charge is -2.11. The predicted octanol–water partition coefficient (Wildman–Crippen LogP) is 3.61. The number of carbonyl (C=O) groups is 2. The molecule has 1 aromatic carbocycles. The Morgan fingerprint density at radius 2 is 1.81 bits per heavy atom. The van der Waals surface area contributed by atoms with Gasteiger partial charge < -0.3 is 9.47 Å². The standard InChI is InChI=1S/C17H22O4/c1-4-5-12-20-16(18)10-11-17(19)21-15-9-7-6-8-14(15)13(2)3/h6-11,13H,4-5,12H2,1-3H3/b11-10+. The van der Waals surface area contributed by atoms with Crippen molar-refractivity contribution < 1.29 is 19.1 Å². The van der Waals surface area contributed by atoms with Crippen LogP contribution in [0.2, 0.25) is 0 Å². The van der Waals surface area contributed by atoms with Gasteiger partial charge in [-0.1, -0.05) is 45.4 Å². The van der Waals surface area contributed by atoms with E-state index < -0.39 is 11.9 Å². The molecule has 114 valence electrons. The molecule has 0 aliphatic heterocycles. The fraction of sp³-hybridized carbons (Fsp3) is 0.412. The Morgan fingerprint density at radius 3 is 2.48 bits per heavy atom. The van der Waals surface area contributed by atoms with Crippen molar-refractivity contribution in [1.82, 2.24) is 0 Å². The van der Waals surface area contributed by atoms with E-state index >= 15 is 0 Å². The lowest BCUT2D eigenvalue weighted by molar-refractivity contribution is -0.138. The first kappa shape index (κ1) is 17.0. The quantitative estimate of drug-likeness (QED) is 0.333. The van der Waals surface area contributed by atoms with Crippen LogP contribution in [0.15, 0.2) is 36.4 Å². The summed E-state index contributed by atoms with van der Waals surface area (Å²) in [4.78, 5) is 23.0. The van der Waals surface area contributed by atoms with E-state index in [0.717, 1.165) is 30.6 Å². The summed E-state index contributed by atoms with van der Waals surface area (Å²) in [5, 5.41) is 0. The average Bonchev–Trinajstić information content (AvgIpc) is 2.46. The average molecular weight is 290 g/mol. The molecule has 0 radical (unpaired) electrons. The molecule has 1 rings (SSSR count). The zero-order valence-corrected chi connectivity index (χ0v) is 12.8. The topological polar surface area (TPSA) is 52.6 Å². The number of hydrogen-bond donors (Lipinski definition) is 0. The number of carbonyl (C=O) groups excluding carboxylic acids is 2. The van der Waals surface area contributed by atoms with Gasteiger partial charge in [0.2, 0.25) is 0 Å². The second kappa shape index (κ2) is 8.95. The minimum Gasteiger partial charge on any atom is -0.463 e. The highest BCUT2D eigenvalue weighted by molar-refractivity contribution is 5.92. The van der Waals surface area contributed by atoms with Crippen LogP contribution >= 0.6 is 0 Å². The summed E-state index contributed by atoms with van der Waals surface area (Å²) in [5.74, 6) is -0.355. The van der Waals surface area contributed by atoms with Gasteiger partial charge in [-0.2, -0.15) is 0 Å². The maximum absolute atomic E-state index is 11.7. The van der Waals surface area contributed by atoms with Crippen molar-refractivity contribution >= 4 is 11.9 Å². The van der Waals surface area contributed by atoms with E-state index in [1.807, 2.05) is 32.9 Å². The third-order valence-electron chi connectivity index (χ3n) is 2.85. The van der Waals surface area contributed by atoms with Crippen LogP contribution in [0, 0.1) is 0 Å². The van der Waals surface area contributed by atoms with Gasteiger partial charge in [-0.05, 0) is 24.0 Å². The largest absolute Gasteiger partial charge is 0.463 e. The summed E-state index contributed by atoms with van der Waals surface area (Å²) in [5.41, 5.74) is 0.949. The van der Waals surface area contributed by atoms with Crippen LogP contribution in [0.3, 0.4) is 0 Å². The zero-order valence-electron chi connectivity index (χ0n) is 12.8. The minimum atomic E-state index is -0.587. The van der Waals surface area contributed by atoms with Crippen molar-refractivity contribution in [2.24, 2.45) is 0 Å². The molecule has 0 amide bonds. The van der Waals surface area contributed by atoms with E-state index in [2.05, 4.69) is 0 Å². The Hall–Kier alpha value is -2.10. The van der Waals surface area contributed by atoms with Crippen molar-refractivity contribution in [3.05, 3.63) is 42.0 Å². The molecule has 4 heteroatoms. The molecular formula is C17H22O4. The highest BCUT2D eigenvalue weighted by Crippen LogP contribution is 2.25. The maximum atomic E-state index is 11.7. The van der Waals surface area contributed by atoms with Crippen LogP contribution < -0.4 is 4.74 Å². The number of hydrogen-bond acceptors (Lipinski definition) is 4. The predicted molar refractivity (Wildman–Crippen MR) is 81.2 cm³/mol. The number of unbranched alkanes of at least 4 members (excludes halogenated alkanes) is 1. The van der Waals surface area contributed by atoms with Crippen LogP contribution in [0.25, 0.3) is 0 Å². The van der Waals surface area contributed by atoms with E-state index in [0.29, 0.717) is 12.4 Å². The fourth-order valence-electron chi connectivity index (χ4n) is 1.69. The Kier molecular flexibility index (Phi) is 7.23. The fourth-order valence-corrected chi connectivity index (χ4v) is 1.69. The summed E-state index contributed by atoms with van der Waals surface area (Å²) >= 11 is 0. The van der Waals surface area contributed by atoms with E-state index in [1.54, 1.807) is 12.1 Å². The van der Waals surface area contributed by atoms with Crippen LogP contribution in [-0.4, -0.2) is 18.5 Å². The molecule has 0 aliphatic carbocycles. The van der Waals surface area contributed by atoms with Gasteiger partial charge in [-0.15, -0.1) is 0 Å². The van der Waals surface area contributed by atoms with Crippen LogP contribution in [-0.2, 0) is 14.3 Å². The second-order valence-electron chi connectivity index (χ2n) is 4.97. The highest BCUT2D eigenvalue weighted by Gasteiger charge is 2.09. The van der Waals surface area contributed by atoms with Crippen LogP contribution in [0.5, 0.6) is 5.75 Å². The highest BCUT2D eigenvalue weighted by atomic mass is 16.5. The molecule has 0 fully saturated rings. The van der Waals surface area contributed by atoms with Gasteiger partial charge in [-0.25, -0.2) is 9.59 Å². The smallest absolute Gasteiger partial charge is 0.336 e. The normalized spacial score (nSPS) is 10.9. The van der Waals surface area contributed by atoms with E-state index in [1.165, 1.54) is 0 Å². The van der Waals surface area contributed by atoms with Crippen molar-refractivity contribution in [3.8, 4) is 5.75 Å². The molecule has 0 atom stereocenters.